The molecule has 0 aromatic carbocycles. The molecule has 0 saturated heterocycles. The van der Waals surface area contributed by atoms with Crippen molar-refractivity contribution in [2.45, 2.75) is 44.1 Å². The number of hydrogen-bond acceptors (Lipinski definition) is 2. The summed E-state index contributed by atoms with van der Waals surface area (Å²) < 4.78 is 2.18. The maximum atomic E-state index is 4.27. The summed E-state index contributed by atoms with van der Waals surface area (Å²) in [5, 5.41) is 8.27. The average Bonchev–Trinajstić information content (AvgIpc) is 2.67. The number of nitrogens with zero attached hydrogens (tertiary/aromatic N) is 3. The van der Waals surface area contributed by atoms with Gasteiger partial charge in [-0.05, 0) is 56.3 Å². The predicted octanol–water partition coefficient (Wildman–Crippen LogP) is 2.20. The van der Waals surface area contributed by atoms with Gasteiger partial charge in [0, 0.05) is 6.20 Å². The van der Waals surface area contributed by atoms with Crippen LogP contribution in [0.25, 0.3) is 0 Å². The van der Waals surface area contributed by atoms with Crippen LogP contribution in [-0.4, -0.2) is 15.0 Å². The van der Waals surface area contributed by atoms with Gasteiger partial charge in [0.1, 0.15) is 0 Å². The number of aromatic nitrogens is 3. The molecule has 4 aliphatic rings. The third kappa shape index (κ3) is 1.06. The highest BCUT2D eigenvalue weighted by Gasteiger charge is 2.52. The van der Waals surface area contributed by atoms with Crippen LogP contribution >= 0.6 is 0 Å². The minimum absolute atomic E-state index is 0.366. The Kier molecular flexibility index (Phi) is 1.46. The van der Waals surface area contributed by atoms with Gasteiger partial charge >= 0.3 is 0 Å². The van der Waals surface area contributed by atoms with Crippen LogP contribution in [0.3, 0.4) is 0 Å². The molecule has 15 heavy (non-hydrogen) atoms. The molecule has 3 nitrogen and oxygen atoms in total. The standard InChI is InChI=1S/C12H17N3/c1-2-15(14-13-1)12-6-9-3-10(7-12)5-11(4-9)8-12/h1-2,9-11H,3-8H2. The fourth-order valence-electron chi connectivity index (χ4n) is 4.81. The Morgan fingerprint density at radius 1 is 1.00 bits per heavy atom. The molecule has 0 atom stereocenters. The van der Waals surface area contributed by atoms with Crippen LogP contribution in [0.4, 0.5) is 0 Å². The molecule has 0 aliphatic heterocycles. The number of hydrogen-bond donors (Lipinski definition) is 0. The Labute approximate surface area is 89.9 Å². The van der Waals surface area contributed by atoms with Crippen LogP contribution < -0.4 is 0 Å². The van der Waals surface area contributed by atoms with Crippen molar-refractivity contribution in [1.29, 1.82) is 0 Å². The van der Waals surface area contributed by atoms with E-state index in [1.165, 1.54) is 38.5 Å². The molecule has 5 rings (SSSR count). The van der Waals surface area contributed by atoms with Crippen molar-refractivity contribution in [3.63, 3.8) is 0 Å². The van der Waals surface area contributed by atoms with E-state index in [0.717, 1.165) is 17.8 Å². The van der Waals surface area contributed by atoms with Gasteiger partial charge in [0.15, 0.2) is 0 Å². The first kappa shape index (κ1) is 8.31. The highest BCUT2D eigenvalue weighted by Crippen LogP contribution is 2.58. The van der Waals surface area contributed by atoms with Crippen LogP contribution in [0.2, 0.25) is 0 Å². The molecular weight excluding hydrogens is 186 g/mol. The molecule has 0 radical (unpaired) electrons. The van der Waals surface area contributed by atoms with E-state index >= 15 is 0 Å². The van der Waals surface area contributed by atoms with Crippen molar-refractivity contribution in [2.24, 2.45) is 17.8 Å². The molecule has 1 aromatic rings. The quantitative estimate of drug-likeness (QED) is 0.700. The van der Waals surface area contributed by atoms with Crippen molar-refractivity contribution in [3.05, 3.63) is 12.4 Å². The molecule has 80 valence electrons. The van der Waals surface area contributed by atoms with Gasteiger partial charge in [0.2, 0.25) is 0 Å². The zero-order valence-electron chi connectivity index (χ0n) is 8.97. The SMILES string of the molecule is c1cn(C23CC4CC(CC(C4)C2)C3)nn1. The highest BCUT2D eigenvalue weighted by molar-refractivity contribution is 5.04. The summed E-state index contributed by atoms with van der Waals surface area (Å²) >= 11 is 0. The summed E-state index contributed by atoms with van der Waals surface area (Å²) in [6.07, 6.45) is 12.5. The first-order valence-corrected chi connectivity index (χ1v) is 6.21. The third-order valence-corrected chi connectivity index (χ3v) is 4.91. The second kappa shape index (κ2) is 2.63. The molecule has 0 spiro atoms. The van der Waals surface area contributed by atoms with E-state index in [2.05, 4.69) is 21.2 Å². The zero-order valence-corrected chi connectivity index (χ0v) is 8.97. The minimum Gasteiger partial charge on any atom is -0.246 e. The lowest BCUT2D eigenvalue weighted by molar-refractivity contribution is -0.0502. The lowest BCUT2D eigenvalue weighted by Crippen LogP contribution is -2.52. The van der Waals surface area contributed by atoms with E-state index in [1.807, 2.05) is 6.20 Å². The number of rotatable bonds is 1. The second-order valence-electron chi connectivity index (χ2n) is 5.99. The van der Waals surface area contributed by atoms with Crippen LogP contribution in [-0.2, 0) is 5.54 Å². The molecule has 0 N–H and O–H groups in total. The van der Waals surface area contributed by atoms with Gasteiger partial charge in [-0.3, -0.25) is 0 Å². The van der Waals surface area contributed by atoms with Crippen LogP contribution in [0.5, 0.6) is 0 Å². The van der Waals surface area contributed by atoms with Crippen molar-refractivity contribution >= 4 is 0 Å². The van der Waals surface area contributed by atoms with Gasteiger partial charge in [0.25, 0.3) is 0 Å². The molecule has 1 heterocycles. The maximum Gasteiger partial charge on any atom is 0.0693 e. The monoisotopic (exact) mass is 203 g/mol. The Bertz CT molecular complexity index is 333. The second-order valence-corrected chi connectivity index (χ2v) is 5.99. The molecular formula is C12H17N3. The molecule has 0 unspecified atom stereocenters. The Hall–Kier alpha value is -0.860. The van der Waals surface area contributed by atoms with Crippen LogP contribution in [0.15, 0.2) is 12.4 Å². The average molecular weight is 203 g/mol. The molecule has 4 bridgehead atoms. The lowest BCUT2D eigenvalue weighted by atomic mass is 9.53. The fraction of sp³-hybridized carbons (Fsp3) is 0.833. The van der Waals surface area contributed by atoms with Crippen molar-refractivity contribution in [2.75, 3.05) is 0 Å². The summed E-state index contributed by atoms with van der Waals surface area (Å²) in [4.78, 5) is 0. The van der Waals surface area contributed by atoms with Gasteiger partial charge < -0.3 is 0 Å². The predicted molar refractivity (Wildman–Crippen MR) is 56.2 cm³/mol. The van der Waals surface area contributed by atoms with Crippen molar-refractivity contribution < 1.29 is 0 Å². The largest absolute Gasteiger partial charge is 0.246 e. The topological polar surface area (TPSA) is 30.7 Å². The fourth-order valence-corrected chi connectivity index (χ4v) is 4.81. The Balaban J connectivity index is 1.77. The van der Waals surface area contributed by atoms with E-state index in [9.17, 15) is 0 Å². The van der Waals surface area contributed by atoms with Gasteiger partial charge in [-0.25, -0.2) is 4.68 Å². The zero-order chi connectivity index (χ0) is 9.88. The van der Waals surface area contributed by atoms with E-state index in [-0.39, 0.29) is 0 Å². The van der Waals surface area contributed by atoms with Crippen molar-refractivity contribution in [3.8, 4) is 0 Å². The summed E-state index contributed by atoms with van der Waals surface area (Å²) in [5.74, 6) is 2.96. The molecule has 0 amide bonds. The van der Waals surface area contributed by atoms with Gasteiger partial charge in [-0.2, -0.15) is 0 Å². The van der Waals surface area contributed by atoms with Crippen LogP contribution in [0, 0.1) is 17.8 Å². The van der Waals surface area contributed by atoms with Crippen molar-refractivity contribution in [1.82, 2.24) is 15.0 Å². The summed E-state index contributed by atoms with van der Waals surface area (Å²) in [7, 11) is 0. The van der Waals surface area contributed by atoms with Gasteiger partial charge in [-0.15, -0.1) is 5.10 Å². The maximum absolute atomic E-state index is 4.27. The first-order chi connectivity index (χ1) is 7.34. The summed E-state index contributed by atoms with van der Waals surface area (Å²) in [6.45, 7) is 0. The van der Waals surface area contributed by atoms with E-state index < -0.39 is 0 Å². The third-order valence-electron chi connectivity index (χ3n) is 4.91. The van der Waals surface area contributed by atoms with Crippen LogP contribution in [0.1, 0.15) is 38.5 Å². The molecule has 4 saturated carbocycles. The summed E-state index contributed by atoms with van der Waals surface area (Å²) in [6, 6.07) is 0. The lowest BCUT2D eigenvalue weighted by Gasteiger charge is -2.56. The van der Waals surface area contributed by atoms with E-state index in [1.54, 1.807) is 0 Å². The Morgan fingerprint density at radius 2 is 1.60 bits per heavy atom. The smallest absolute Gasteiger partial charge is 0.0693 e. The molecule has 4 aliphatic carbocycles. The first-order valence-electron chi connectivity index (χ1n) is 6.21. The minimum atomic E-state index is 0.366. The van der Waals surface area contributed by atoms with E-state index in [4.69, 9.17) is 0 Å². The Morgan fingerprint density at radius 3 is 2.07 bits per heavy atom. The summed E-state index contributed by atoms with van der Waals surface area (Å²) in [5.41, 5.74) is 0.366. The van der Waals surface area contributed by atoms with Gasteiger partial charge in [-0.1, -0.05) is 5.21 Å². The van der Waals surface area contributed by atoms with Gasteiger partial charge in [0.05, 0.1) is 11.7 Å². The molecule has 1 aromatic heterocycles. The molecule has 3 heteroatoms. The highest BCUT2D eigenvalue weighted by atomic mass is 15.4. The normalized spacial score (nSPS) is 47.3. The molecule has 4 fully saturated rings. The van der Waals surface area contributed by atoms with E-state index in [0.29, 0.717) is 5.54 Å².